The zero-order valence-electron chi connectivity index (χ0n) is 35.8. The number of methoxy groups -OCH3 is 2. The van der Waals surface area contributed by atoms with Gasteiger partial charge >= 0.3 is 41.8 Å². The van der Waals surface area contributed by atoms with Gasteiger partial charge in [0, 0.05) is 11.1 Å². The van der Waals surface area contributed by atoms with Crippen molar-refractivity contribution >= 4 is 41.8 Å². The minimum atomic E-state index is -1.70. The molecule has 1 aliphatic carbocycles. The fourth-order valence-corrected chi connectivity index (χ4v) is 6.48. The summed E-state index contributed by atoms with van der Waals surface area (Å²) in [5, 5.41) is 0. The molecule has 2 aromatic carbocycles. The molecule has 0 unspecified atom stereocenters. The van der Waals surface area contributed by atoms with Crippen LogP contribution in [0.1, 0.15) is 84.1 Å². The molecule has 0 radical (unpaired) electrons. The highest BCUT2D eigenvalue weighted by Crippen LogP contribution is 2.34. The molecule has 0 saturated heterocycles. The SMILES string of the molecule is C=C(C)C(=O)OCCCc1cc(-c2ccc(OC(=O)C3CCC(CCCCC)CC3)cc2)ccc1OCC(COC(=O)C(=C)C)(COC(=O)C(=O)OC)COC(=O)C(=O)OC. The van der Waals surface area contributed by atoms with Crippen LogP contribution in [0, 0.1) is 17.3 Å². The minimum absolute atomic E-state index is 0.0276. The van der Waals surface area contributed by atoms with Crippen LogP contribution in [0.25, 0.3) is 11.1 Å². The molecule has 3 rings (SSSR count). The average molecular weight is 851 g/mol. The van der Waals surface area contributed by atoms with Crippen LogP contribution in [0.3, 0.4) is 0 Å². The Bertz CT molecular complexity index is 1840. The van der Waals surface area contributed by atoms with E-state index in [0.29, 0.717) is 35.8 Å². The quantitative estimate of drug-likeness (QED) is 0.0306. The number of unbranched alkanes of at least 4 members (excludes halogenated alkanes) is 2. The van der Waals surface area contributed by atoms with Crippen molar-refractivity contribution in [1.29, 1.82) is 0 Å². The van der Waals surface area contributed by atoms with Crippen molar-refractivity contribution in [3.8, 4) is 22.6 Å². The molecule has 0 bridgehead atoms. The Kier molecular flexibility index (Phi) is 20.2. The first kappa shape index (κ1) is 49.4. The molecule has 61 heavy (non-hydrogen) atoms. The topological polar surface area (TPSA) is 193 Å². The summed E-state index contributed by atoms with van der Waals surface area (Å²) in [5.74, 6) is -5.76. The number of carbonyl (C=O) groups excluding carboxylic acids is 7. The first-order valence-electron chi connectivity index (χ1n) is 20.3. The predicted octanol–water partition coefficient (Wildman–Crippen LogP) is 6.61. The zero-order chi connectivity index (χ0) is 45.0. The molecule has 332 valence electrons. The van der Waals surface area contributed by atoms with Crippen LogP contribution in [0.2, 0.25) is 0 Å². The van der Waals surface area contributed by atoms with Crippen molar-refractivity contribution in [3.05, 3.63) is 72.3 Å². The lowest BCUT2D eigenvalue weighted by Gasteiger charge is -2.32. The summed E-state index contributed by atoms with van der Waals surface area (Å²) in [7, 11) is 1.95. The second-order valence-corrected chi connectivity index (χ2v) is 15.3. The standard InChI is InChI=1S/C46H58O15/c1-8-9-10-12-32-14-16-34(17-15-32)41(49)61-37-21-18-33(19-22-37)35-20-23-38(36(25-35)13-11-24-56-39(47)30(2)3)57-26-46(27-58-40(48)31(4)5,28-59-44(52)42(50)54-6)29-60-45(53)43(51)55-7/h18-23,25,32,34H,2,4,8-17,24,26-29H2,1,3,5-7H3. The minimum Gasteiger partial charge on any atom is -0.492 e. The molecule has 1 fully saturated rings. The number of hydrogen-bond acceptors (Lipinski definition) is 15. The number of rotatable bonds is 22. The van der Waals surface area contributed by atoms with E-state index in [1.807, 2.05) is 18.2 Å². The summed E-state index contributed by atoms with van der Waals surface area (Å²) in [6.45, 7) is 9.88. The Labute approximate surface area is 357 Å². The fraction of sp³-hybridized carbons (Fsp3) is 0.500. The van der Waals surface area contributed by atoms with Crippen LogP contribution in [-0.4, -0.2) is 89.0 Å². The molecular formula is C46H58O15. The Morgan fingerprint density at radius 1 is 0.639 bits per heavy atom. The van der Waals surface area contributed by atoms with Crippen LogP contribution >= 0.6 is 0 Å². The maximum atomic E-state index is 13.1. The van der Waals surface area contributed by atoms with Gasteiger partial charge in [0.05, 0.1) is 26.7 Å². The lowest BCUT2D eigenvalue weighted by atomic mass is 9.80. The van der Waals surface area contributed by atoms with Crippen molar-refractivity contribution in [2.45, 2.75) is 85.0 Å². The van der Waals surface area contributed by atoms with Gasteiger partial charge in [0.15, 0.2) is 0 Å². The van der Waals surface area contributed by atoms with Gasteiger partial charge in [-0.3, -0.25) is 4.79 Å². The van der Waals surface area contributed by atoms with E-state index in [-0.39, 0.29) is 29.6 Å². The van der Waals surface area contributed by atoms with Gasteiger partial charge < -0.3 is 37.9 Å². The summed E-state index contributed by atoms with van der Waals surface area (Å²) < 4.78 is 42.0. The van der Waals surface area contributed by atoms with E-state index in [1.54, 1.807) is 24.3 Å². The second kappa shape index (κ2) is 24.9. The smallest absolute Gasteiger partial charge is 0.417 e. The van der Waals surface area contributed by atoms with Crippen molar-refractivity contribution < 1.29 is 71.5 Å². The molecular weight excluding hydrogens is 792 g/mol. The molecule has 1 saturated carbocycles. The van der Waals surface area contributed by atoms with Gasteiger partial charge in [0.1, 0.15) is 43.3 Å². The fourth-order valence-electron chi connectivity index (χ4n) is 6.48. The average Bonchev–Trinajstić information content (AvgIpc) is 3.26. The number of esters is 7. The summed E-state index contributed by atoms with van der Waals surface area (Å²) in [6.07, 6.45) is 9.31. The van der Waals surface area contributed by atoms with E-state index in [9.17, 15) is 33.6 Å². The molecule has 0 spiro atoms. The van der Waals surface area contributed by atoms with E-state index < -0.39 is 67.7 Å². The summed E-state index contributed by atoms with van der Waals surface area (Å²) in [4.78, 5) is 86.2. The molecule has 0 aliphatic heterocycles. The maximum Gasteiger partial charge on any atom is 0.417 e. The van der Waals surface area contributed by atoms with Crippen molar-refractivity contribution in [2.75, 3.05) is 47.3 Å². The predicted molar refractivity (Wildman–Crippen MR) is 221 cm³/mol. The molecule has 0 amide bonds. The maximum absolute atomic E-state index is 13.1. The van der Waals surface area contributed by atoms with Crippen molar-refractivity contribution in [3.63, 3.8) is 0 Å². The Morgan fingerprint density at radius 3 is 1.72 bits per heavy atom. The summed E-state index contributed by atoms with van der Waals surface area (Å²) in [6, 6.07) is 12.4. The van der Waals surface area contributed by atoms with Crippen LogP contribution < -0.4 is 9.47 Å². The van der Waals surface area contributed by atoms with Gasteiger partial charge in [-0.1, -0.05) is 64.0 Å². The van der Waals surface area contributed by atoms with E-state index in [1.165, 1.54) is 39.5 Å². The van der Waals surface area contributed by atoms with Gasteiger partial charge in [0.25, 0.3) is 0 Å². The summed E-state index contributed by atoms with van der Waals surface area (Å²) >= 11 is 0. The van der Waals surface area contributed by atoms with Crippen LogP contribution in [0.5, 0.6) is 11.5 Å². The second-order valence-electron chi connectivity index (χ2n) is 15.3. The number of hydrogen-bond donors (Lipinski definition) is 0. The molecule has 15 heteroatoms. The van der Waals surface area contributed by atoms with Gasteiger partial charge in [-0.25, -0.2) is 28.8 Å². The van der Waals surface area contributed by atoms with Crippen LogP contribution in [0.15, 0.2) is 66.8 Å². The molecule has 0 atom stereocenters. The molecule has 2 aromatic rings. The zero-order valence-corrected chi connectivity index (χ0v) is 35.8. The Balaban J connectivity index is 1.89. The largest absolute Gasteiger partial charge is 0.492 e. The third-order valence-corrected chi connectivity index (χ3v) is 10.1. The Morgan fingerprint density at radius 2 is 1.18 bits per heavy atom. The number of aryl methyl sites for hydroxylation is 1. The van der Waals surface area contributed by atoms with Crippen LogP contribution in [0.4, 0.5) is 0 Å². The molecule has 0 aromatic heterocycles. The highest BCUT2D eigenvalue weighted by molar-refractivity contribution is 6.30. The van der Waals surface area contributed by atoms with Crippen molar-refractivity contribution in [1.82, 2.24) is 0 Å². The monoisotopic (exact) mass is 850 g/mol. The lowest BCUT2D eigenvalue weighted by molar-refractivity contribution is -0.177. The highest BCUT2D eigenvalue weighted by Gasteiger charge is 2.39. The molecule has 15 nitrogen and oxygen atoms in total. The Hall–Kier alpha value is -5.99. The molecule has 0 heterocycles. The summed E-state index contributed by atoms with van der Waals surface area (Å²) in [5.41, 5.74) is 0.762. The first-order valence-corrected chi connectivity index (χ1v) is 20.3. The van der Waals surface area contributed by atoms with Gasteiger partial charge in [-0.15, -0.1) is 0 Å². The van der Waals surface area contributed by atoms with Gasteiger partial charge in [-0.05, 0) is 99.2 Å². The van der Waals surface area contributed by atoms with E-state index in [4.69, 9.17) is 28.4 Å². The molecule has 0 N–H and O–H groups in total. The van der Waals surface area contributed by atoms with Crippen LogP contribution in [-0.2, 0) is 68.4 Å². The number of benzene rings is 2. The van der Waals surface area contributed by atoms with Crippen molar-refractivity contribution in [2.24, 2.45) is 17.3 Å². The van der Waals surface area contributed by atoms with E-state index >= 15 is 0 Å². The third-order valence-electron chi connectivity index (χ3n) is 10.1. The number of carbonyl (C=O) groups is 7. The highest BCUT2D eigenvalue weighted by atomic mass is 16.6. The first-order chi connectivity index (χ1) is 29.1. The third kappa shape index (κ3) is 16.2. The van der Waals surface area contributed by atoms with E-state index in [0.717, 1.165) is 51.0 Å². The lowest BCUT2D eigenvalue weighted by Crippen LogP contribution is -2.45. The molecule has 1 aliphatic rings. The van der Waals surface area contributed by atoms with Gasteiger partial charge in [-0.2, -0.15) is 0 Å². The normalized spacial score (nSPS) is 14.7. The van der Waals surface area contributed by atoms with E-state index in [2.05, 4.69) is 29.6 Å². The van der Waals surface area contributed by atoms with Gasteiger partial charge in [0.2, 0.25) is 0 Å². The number of ether oxygens (including phenoxy) is 8.